The molecule has 1 atom stereocenters. The molecule has 2 fully saturated rings. The van der Waals surface area contributed by atoms with Gasteiger partial charge in [-0.15, -0.1) is 0 Å². The van der Waals surface area contributed by atoms with Crippen molar-refractivity contribution in [1.29, 1.82) is 0 Å². The molecule has 6 heteroatoms. The molecule has 2 N–H and O–H groups in total. The van der Waals surface area contributed by atoms with E-state index in [0.29, 0.717) is 18.4 Å². The number of guanidine groups is 1. The van der Waals surface area contributed by atoms with Gasteiger partial charge in [0, 0.05) is 49.0 Å². The maximum atomic E-state index is 12.0. The first-order valence-electron chi connectivity index (χ1n) is 10.1. The molecule has 1 aliphatic heterocycles. The van der Waals surface area contributed by atoms with Crippen LogP contribution < -0.4 is 10.6 Å². The van der Waals surface area contributed by atoms with Crippen molar-refractivity contribution >= 4 is 27.8 Å². The van der Waals surface area contributed by atoms with E-state index in [1.807, 2.05) is 7.05 Å². The van der Waals surface area contributed by atoms with E-state index >= 15 is 0 Å². The average Bonchev–Trinajstić information content (AvgIpc) is 3.35. The van der Waals surface area contributed by atoms with Crippen molar-refractivity contribution in [2.45, 2.75) is 56.9 Å². The van der Waals surface area contributed by atoms with E-state index in [0.717, 1.165) is 44.9 Å². The number of halogens is 1. The van der Waals surface area contributed by atoms with Crippen LogP contribution in [0.3, 0.4) is 0 Å². The van der Waals surface area contributed by atoms with E-state index in [2.05, 4.69) is 67.6 Å². The molecule has 2 aliphatic rings. The summed E-state index contributed by atoms with van der Waals surface area (Å²) in [6.45, 7) is 4.79. The molecule has 0 aromatic heterocycles. The summed E-state index contributed by atoms with van der Waals surface area (Å²) in [5, 5.41) is 6.93. The van der Waals surface area contributed by atoms with Crippen LogP contribution in [-0.4, -0.2) is 49.5 Å². The van der Waals surface area contributed by atoms with Gasteiger partial charge in [-0.3, -0.25) is 9.79 Å². The van der Waals surface area contributed by atoms with Crippen LogP contribution in [0.4, 0.5) is 0 Å². The number of likely N-dealkylation sites (tertiary alicyclic amines) is 1. The van der Waals surface area contributed by atoms with Crippen LogP contribution in [0, 0.1) is 0 Å². The number of rotatable bonds is 8. The molecule has 148 valence electrons. The summed E-state index contributed by atoms with van der Waals surface area (Å²) < 4.78 is 1.19. The summed E-state index contributed by atoms with van der Waals surface area (Å²) >= 11 is 3.69. The number of nitrogens with one attached hydrogen (secondary N) is 2. The van der Waals surface area contributed by atoms with Gasteiger partial charge in [0.25, 0.3) is 0 Å². The van der Waals surface area contributed by atoms with Gasteiger partial charge in [-0.1, -0.05) is 41.1 Å². The fourth-order valence-corrected chi connectivity index (χ4v) is 4.76. The molecule has 27 heavy (non-hydrogen) atoms. The number of aliphatic imine (C=N–C) groups is 1. The lowest BCUT2D eigenvalue weighted by Crippen LogP contribution is -2.44. The highest BCUT2D eigenvalue weighted by Crippen LogP contribution is 2.49. The Morgan fingerprint density at radius 3 is 2.70 bits per heavy atom. The average molecular weight is 435 g/mol. The summed E-state index contributed by atoms with van der Waals surface area (Å²) in [5.41, 5.74) is 1.59. The maximum Gasteiger partial charge on any atom is 0.222 e. The van der Waals surface area contributed by atoms with Gasteiger partial charge in [-0.2, -0.15) is 0 Å². The van der Waals surface area contributed by atoms with Gasteiger partial charge in [0.2, 0.25) is 5.91 Å². The van der Waals surface area contributed by atoms with Gasteiger partial charge in [0.15, 0.2) is 5.96 Å². The molecular weight excluding hydrogens is 404 g/mol. The van der Waals surface area contributed by atoms with E-state index < -0.39 is 0 Å². The molecule has 1 aromatic rings. The van der Waals surface area contributed by atoms with E-state index in [-0.39, 0.29) is 5.41 Å². The van der Waals surface area contributed by atoms with Crippen LogP contribution in [-0.2, 0) is 10.2 Å². The van der Waals surface area contributed by atoms with Crippen LogP contribution in [0.25, 0.3) is 0 Å². The normalized spacial score (nSPS) is 19.9. The molecule has 1 heterocycles. The molecule has 1 saturated heterocycles. The fraction of sp³-hybridized carbons (Fsp3) is 0.619. The number of carbonyl (C=O) groups is 1. The second-order valence-electron chi connectivity index (χ2n) is 7.65. The largest absolute Gasteiger partial charge is 0.356 e. The monoisotopic (exact) mass is 434 g/mol. The van der Waals surface area contributed by atoms with Crippen LogP contribution in [0.5, 0.6) is 0 Å². The number of nitrogens with zero attached hydrogens (tertiary/aromatic N) is 2. The number of benzene rings is 1. The zero-order chi connectivity index (χ0) is 19.3. The van der Waals surface area contributed by atoms with Crippen LogP contribution >= 0.6 is 15.9 Å². The zero-order valence-electron chi connectivity index (χ0n) is 16.4. The fourth-order valence-electron chi connectivity index (χ4n) is 4.05. The minimum Gasteiger partial charge on any atom is -0.356 e. The zero-order valence-corrected chi connectivity index (χ0v) is 18.0. The van der Waals surface area contributed by atoms with Crippen molar-refractivity contribution in [2.24, 2.45) is 4.99 Å². The molecule has 1 aromatic carbocycles. The topological polar surface area (TPSA) is 56.7 Å². The molecular formula is C21H31BrN4O. The second-order valence-corrected chi connectivity index (χ2v) is 8.51. The van der Waals surface area contributed by atoms with Gasteiger partial charge in [0.05, 0.1) is 0 Å². The smallest absolute Gasteiger partial charge is 0.222 e. The SMILES string of the molecule is CCC(CCNC(=NC)NCC1(c2ccccc2Br)CC1)N1CCCC1=O. The van der Waals surface area contributed by atoms with Gasteiger partial charge >= 0.3 is 0 Å². The first-order chi connectivity index (χ1) is 13.1. The van der Waals surface area contributed by atoms with Crippen LogP contribution in [0.1, 0.15) is 51.0 Å². The highest BCUT2D eigenvalue weighted by molar-refractivity contribution is 9.10. The minimum atomic E-state index is 0.214. The van der Waals surface area contributed by atoms with E-state index in [1.54, 1.807) is 0 Å². The summed E-state index contributed by atoms with van der Waals surface area (Å²) in [6.07, 6.45) is 6.08. The minimum absolute atomic E-state index is 0.214. The van der Waals surface area contributed by atoms with Crippen LogP contribution in [0.15, 0.2) is 33.7 Å². The van der Waals surface area contributed by atoms with Crippen molar-refractivity contribution < 1.29 is 4.79 Å². The Hall–Kier alpha value is -1.56. The standard InChI is InChI=1S/C21H31BrN4O/c1-3-16(26-14-6-9-19(26)27)10-13-24-20(23-2)25-15-21(11-12-21)17-7-4-5-8-18(17)22/h4-5,7-8,16H,3,6,9-15H2,1-2H3,(H2,23,24,25). The van der Waals surface area contributed by atoms with E-state index in [1.165, 1.54) is 22.9 Å². The summed E-state index contributed by atoms with van der Waals surface area (Å²) in [7, 11) is 1.81. The van der Waals surface area contributed by atoms with Crippen molar-refractivity contribution in [1.82, 2.24) is 15.5 Å². The molecule has 0 spiro atoms. The lowest BCUT2D eigenvalue weighted by Gasteiger charge is -2.27. The van der Waals surface area contributed by atoms with Gasteiger partial charge in [-0.25, -0.2) is 0 Å². The van der Waals surface area contributed by atoms with E-state index in [4.69, 9.17) is 0 Å². The lowest BCUT2D eigenvalue weighted by atomic mass is 9.96. The highest BCUT2D eigenvalue weighted by Gasteiger charge is 2.45. The molecule has 0 radical (unpaired) electrons. The Morgan fingerprint density at radius 1 is 1.33 bits per heavy atom. The third kappa shape index (κ3) is 4.84. The Morgan fingerprint density at radius 2 is 2.11 bits per heavy atom. The molecule has 1 unspecified atom stereocenters. The Balaban J connectivity index is 1.47. The first-order valence-corrected chi connectivity index (χ1v) is 10.9. The Kier molecular flexibility index (Phi) is 6.79. The van der Waals surface area contributed by atoms with Crippen molar-refractivity contribution in [3.8, 4) is 0 Å². The third-order valence-corrected chi connectivity index (χ3v) is 6.60. The van der Waals surface area contributed by atoms with Crippen molar-refractivity contribution in [3.63, 3.8) is 0 Å². The van der Waals surface area contributed by atoms with E-state index in [9.17, 15) is 4.79 Å². The van der Waals surface area contributed by atoms with Crippen molar-refractivity contribution in [3.05, 3.63) is 34.3 Å². The number of hydrogen-bond donors (Lipinski definition) is 2. The predicted molar refractivity (Wildman–Crippen MR) is 114 cm³/mol. The predicted octanol–water partition coefficient (Wildman–Crippen LogP) is 3.44. The Labute approximate surface area is 171 Å². The second kappa shape index (κ2) is 9.09. The van der Waals surface area contributed by atoms with Gasteiger partial charge in [0.1, 0.15) is 0 Å². The van der Waals surface area contributed by atoms with Gasteiger partial charge in [-0.05, 0) is 43.7 Å². The molecule has 1 amide bonds. The third-order valence-electron chi connectivity index (χ3n) is 5.91. The summed E-state index contributed by atoms with van der Waals surface area (Å²) in [4.78, 5) is 18.4. The summed E-state index contributed by atoms with van der Waals surface area (Å²) in [6, 6.07) is 8.84. The van der Waals surface area contributed by atoms with Gasteiger partial charge < -0.3 is 15.5 Å². The summed E-state index contributed by atoms with van der Waals surface area (Å²) in [5.74, 6) is 1.16. The molecule has 5 nitrogen and oxygen atoms in total. The molecule has 1 saturated carbocycles. The Bertz CT molecular complexity index is 687. The molecule has 0 bridgehead atoms. The molecule has 1 aliphatic carbocycles. The van der Waals surface area contributed by atoms with Crippen LogP contribution in [0.2, 0.25) is 0 Å². The van der Waals surface area contributed by atoms with Crippen molar-refractivity contribution in [2.75, 3.05) is 26.7 Å². The lowest BCUT2D eigenvalue weighted by molar-refractivity contribution is -0.129. The highest BCUT2D eigenvalue weighted by atomic mass is 79.9. The maximum absolute atomic E-state index is 12.0. The molecule has 3 rings (SSSR count). The number of amides is 1. The first kappa shape index (κ1) is 20.2. The quantitative estimate of drug-likeness (QED) is 0.486. The number of hydrogen-bond acceptors (Lipinski definition) is 2. The number of carbonyl (C=O) groups excluding carboxylic acids is 1.